The van der Waals surface area contributed by atoms with E-state index in [-0.39, 0.29) is 11.6 Å². The Morgan fingerprint density at radius 3 is 2.33 bits per heavy atom. The smallest absolute Gasteiger partial charge is 0.286 e. The van der Waals surface area contributed by atoms with Crippen LogP contribution in [0.15, 0.2) is 41.0 Å². The Morgan fingerprint density at radius 1 is 1.11 bits per heavy atom. The number of nitrogens with one attached hydrogen (secondary N) is 4. The van der Waals surface area contributed by atoms with Crippen molar-refractivity contribution in [1.29, 1.82) is 0 Å². The van der Waals surface area contributed by atoms with Crippen molar-refractivity contribution in [2.24, 2.45) is 5.92 Å². The predicted molar refractivity (Wildman–Crippen MR) is 106 cm³/mol. The first-order valence-corrected chi connectivity index (χ1v) is 9.44. The minimum absolute atomic E-state index is 0.154. The molecule has 1 heterocycles. The van der Waals surface area contributed by atoms with Gasteiger partial charge in [-0.1, -0.05) is 25.4 Å². The lowest BCUT2D eigenvalue weighted by molar-refractivity contribution is -0.124. The molecule has 0 aliphatic heterocycles. The van der Waals surface area contributed by atoms with Crippen molar-refractivity contribution in [2.45, 2.75) is 26.3 Å². The molecule has 1 atom stereocenters. The van der Waals surface area contributed by atoms with Gasteiger partial charge in [-0.05, 0) is 58.6 Å². The fourth-order valence-electron chi connectivity index (χ4n) is 2.32. The van der Waals surface area contributed by atoms with E-state index in [0.29, 0.717) is 21.5 Å². The Labute approximate surface area is 170 Å². The van der Waals surface area contributed by atoms with E-state index in [1.807, 2.05) is 13.8 Å². The summed E-state index contributed by atoms with van der Waals surface area (Å²) in [7, 11) is 0. The van der Waals surface area contributed by atoms with Gasteiger partial charge in [-0.15, -0.1) is 0 Å². The van der Waals surface area contributed by atoms with Crippen LogP contribution >= 0.6 is 27.5 Å². The van der Waals surface area contributed by atoms with Crippen molar-refractivity contribution < 1.29 is 14.4 Å². The summed E-state index contributed by atoms with van der Waals surface area (Å²) in [4.78, 5) is 39.6. The highest BCUT2D eigenvalue weighted by Crippen LogP contribution is 2.12. The van der Waals surface area contributed by atoms with Crippen LogP contribution in [0.2, 0.25) is 5.02 Å². The maximum absolute atomic E-state index is 12.5. The molecule has 2 rings (SSSR count). The van der Waals surface area contributed by atoms with Gasteiger partial charge in [0.2, 0.25) is 0 Å². The molecule has 7 nitrogen and oxygen atoms in total. The molecule has 9 heteroatoms. The van der Waals surface area contributed by atoms with E-state index in [4.69, 9.17) is 11.6 Å². The molecule has 0 aliphatic carbocycles. The average Bonchev–Trinajstić information content (AvgIpc) is 3.05. The maximum Gasteiger partial charge on any atom is 0.286 e. The number of hydrogen-bond donors (Lipinski definition) is 4. The first-order chi connectivity index (χ1) is 12.8. The normalized spacial score (nSPS) is 11.7. The van der Waals surface area contributed by atoms with Crippen LogP contribution in [0, 0.1) is 5.92 Å². The monoisotopic (exact) mass is 454 g/mol. The van der Waals surface area contributed by atoms with Crippen LogP contribution in [-0.2, 0) is 4.79 Å². The Kier molecular flexibility index (Phi) is 7.44. The van der Waals surface area contributed by atoms with Gasteiger partial charge in [0.05, 0.1) is 0 Å². The zero-order chi connectivity index (χ0) is 20.0. The van der Waals surface area contributed by atoms with Gasteiger partial charge in [-0.3, -0.25) is 25.2 Å². The first-order valence-electron chi connectivity index (χ1n) is 8.26. The molecule has 3 amide bonds. The van der Waals surface area contributed by atoms with Crippen LogP contribution in [0.3, 0.4) is 0 Å². The molecule has 0 bridgehead atoms. The molecule has 1 unspecified atom stereocenters. The molecular weight excluding hydrogens is 436 g/mol. The van der Waals surface area contributed by atoms with Gasteiger partial charge in [0, 0.05) is 21.3 Å². The quantitative estimate of drug-likeness (QED) is 0.503. The molecule has 144 valence electrons. The lowest BCUT2D eigenvalue weighted by atomic mass is 10.0. The summed E-state index contributed by atoms with van der Waals surface area (Å²) < 4.78 is 0.715. The number of rotatable bonds is 6. The fourth-order valence-corrected chi connectivity index (χ4v) is 2.79. The van der Waals surface area contributed by atoms with E-state index in [1.165, 1.54) is 0 Å². The van der Waals surface area contributed by atoms with Crippen LogP contribution in [0.25, 0.3) is 0 Å². The third-order valence-electron chi connectivity index (χ3n) is 3.63. The van der Waals surface area contributed by atoms with E-state index < -0.39 is 23.8 Å². The Hall–Kier alpha value is -2.32. The van der Waals surface area contributed by atoms with Gasteiger partial charge in [-0.2, -0.15) is 0 Å². The average molecular weight is 456 g/mol. The third-order valence-corrected chi connectivity index (χ3v) is 4.34. The molecule has 1 aromatic carbocycles. The van der Waals surface area contributed by atoms with Crippen molar-refractivity contribution >= 4 is 45.3 Å². The summed E-state index contributed by atoms with van der Waals surface area (Å²) in [6, 6.07) is 7.13. The van der Waals surface area contributed by atoms with Crippen molar-refractivity contribution in [3.8, 4) is 0 Å². The zero-order valence-electron chi connectivity index (χ0n) is 14.8. The molecule has 2 aromatic rings. The van der Waals surface area contributed by atoms with Crippen molar-refractivity contribution in [1.82, 2.24) is 21.2 Å². The summed E-state index contributed by atoms with van der Waals surface area (Å²) in [5.41, 5.74) is 5.35. The second-order valence-electron chi connectivity index (χ2n) is 6.34. The van der Waals surface area contributed by atoms with Gasteiger partial charge in [0.25, 0.3) is 17.7 Å². The summed E-state index contributed by atoms with van der Waals surface area (Å²) in [5, 5.41) is 3.21. The Bertz CT molecular complexity index is 820. The van der Waals surface area contributed by atoms with Crippen LogP contribution in [0.5, 0.6) is 0 Å². The second-order valence-corrected chi connectivity index (χ2v) is 7.69. The molecule has 0 saturated carbocycles. The largest absolute Gasteiger partial charge is 0.356 e. The van der Waals surface area contributed by atoms with Crippen molar-refractivity contribution in [2.75, 3.05) is 0 Å². The third kappa shape index (κ3) is 6.41. The highest BCUT2D eigenvalue weighted by Gasteiger charge is 2.23. The Balaban J connectivity index is 1.99. The van der Waals surface area contributed by atoms with E-state index >= 15 is 0 Å². The lowest BCUT2D eigenvalue weighted by Crippen LogP contribution is -2.52. The van der Waals surface area contributed by atoms with Crippen LogP contribution < -0.4 is 16.2 Å². The highest BCUT2D eigenvalue weighted by molar-refractivity contribution is 9.10. The van der Waals surface area contributed by atoms with Crippen LogP contribution in [0.4, 0.5) is 0 Å². The number of hydrogen-bond acceptors (Lipinski definition) is 3. The van der Waals surface area contributed by atoms with E-state index in [0.717, 1.165) is 0 Å². The summed E-state index contributed by atoms with van der Waals surface area (Å²) >= 11 is 9.05. The number of benzene rings is 1. The number of aromatic nitrogens is 1. The first kappa shape index (κ1) is 21.0. The minimum atomic E-state index is -0.802. The molecule has 0 fully saturated rings. The van der Waals surface area contributed by atoms with E-state index in [9.17, 15) is 14.4 Å². The number of hydrazine groups is 1. The van der Waals surface area contributed by atoms with E-state index in [1.54, 1.807) is 36.5 Å². The summed E-state index contributed by atoms with van der Waals surface area (Å²) in [5.74, 6) is -1.25. The van der Waals surface area contributed by atoms with Gasteiger partial charge < -0.3 is 10.3 Å². The maximum atomic E-state index is 12.5. The molecule has 4 N–H and O–H groups in total. The topological polar surface area (TPSA) is 103 Å². The number of carbonyl (C=O) groups is 3. The number of aromatic amines is 1. The van der Waals surface area contributed by atoms with Gasteiger partial charge in [0.1, 0.15) is 11.7 Å². The molecule has 27 heavy (non-hydrogen) atoms. The number of amides is 3. The Morgan fingerprint density at radius 2 is 1.78 bits per heavy atom. The van der Waals surface area contributed by atoms with Gasteiger partial charge in [-0.25, -0.2) is 0 Å². The SMILES string of the molecule is CC(C)CC(NC(=O)c1ccc(Cl)cc1)C(=O)NNC(=O)c1cc(Br)c[nH]1. The standard InChI is InChI=1S/C18H20BrClN4O3/c1-10(2)7-15(22-16(25)11-3-5-13(20)6-4-11)18(27)24-23-17(26)14-8-12(19)9-21-14/h3-6,8-10,15,21H,7H2,1-2H3,(H,22,25)(H,23,26)(H,24,27). The van der Waals surface area contributed by atoms with Crippen LogP contribution in [-0.4, -0.2) is 28.7 Å². The highest BCUT2D eigenvalue weighted by atomic mass is 79.9. The lowest BCUT2D eigenvalue weighted by Gasteiger charge is -2.20. The van der Waals surface area contributed by atoms with Crippen molar-refractivity contribution in [3.05, 3.63) is 57.3 Å². The number of carbonyl (C=O) groups excluding carboxylic acids is 3. The molecule has 0 aliphatic rings. The van der Waals surface area contributed by atoms with Gasteiger partial charge in [0.15, 0.2) is 0 Å². The molecular formula is C18H20BrClN4O3. The molecule has 0 saturated heterocycles. The molecule has 1 aromatic heterocycles. The fraction of sp³-hybridized carbons (Fsp3) is 0.278. The minimum Gasteiger partial charge on any atom is -0.356 e. The summed E-state index contributed by atoms with van der Waals surface area (Å²) in [6.07, 6.45) is 2.01. The number of H-pyrrole nitrogens is 1. The molecule has 0 spiro atoms. The van der Waals surface area contributed by atoms with E-state index in [2.05, 4.69) is 37.1 Å². The van der Waals surface area contributed by atoms with Crippen LogP contribution in [0.1, 0.15) is 41.1 Å². The zero-order valence-corrected chi connectivity index (χ0v) is 17.1. The second kappa shape index (κ2) is 9.57. The van der Waals surface area contributed by atoms with Crippen molar-refractivity contribution in [3.63, 3.8) is 0 Å². The van der Waals surface area contributed by atoms with Gasteiger partial charge >= 0.3 is 0 Å². The summed E-state index contributed by atoms with van der Waals surface area (Å²) in [6.45, 7) is 3.87. The predicted octanol–water partition coefficient (Wildman–Crippen LogP) is 3.04. The number of halogens is 2. The molecule has 0 radical (unpaired) electrons.